The molecule has 2 heterocycles. The molecule has 2 N–H and O–H groups in total. The number of rotatable bonds is 2. The molecule has 0 unspecified atom stereocenters. The fraction of sp³-hybridized carbons (Fsp3) is 0.500. The van der Waals surface area contributed by atoms with Crippen molar-refractivity contribution in [3.8, 4) is 0 Å². The van der Waals surface area contributed by atoms with Crippen molar-refractivity contribution in [3.63, 3.8) is 0 Å². The summed E-state index contributed by atoms with van der Waals surface area (Å²) in [6.45, 7) is 1.27. The number of hydrogen-bond donors (Lipinski definition) is 2. The van der Waals surface area contributed by atoms with E-state index in [4.69, 9.17) is 11.6 Å². The fourth-order valence-corrected chi connectivity index (χ4v) is 2.11. The number of hydrogen-bond acceptors (Lipinski definition) is 3. The Balaban J connectivity index is 2.30. The largest absolute Gasteiger partial charge is 0.354 e. The van der Waals surface area contributed by atoms with E-state index in [2.05, 4.69) is 15.0 Å². The van der Waals surface area contributed by atoms with Crippen molar-refractivity contribution in [1.82, 2.24) is 14.9 Å². The summed E-state index contributed by atoms with van der Waals surface area (Å²) in [4.78, 5) is 33.3. The Kier molecular flexibility index (Phi) is 3.33. The van der Waals surface area contributed by atoms with E-state index < -0.39 is 11.2 Å². The quantitative estimate of drug-likeness (QED) is 0.801. The van der Waals surface area contributed by atoms with Crippen molar-refractivity contribution in [2.45, 2.75) is 19.4 Å². The van der Waals surface area contributed by atoms with Gasteiger partial charge in [0.05, 0.1) is 18.1 Å². The van der Waals surface area contributed by atoms with Crippen LogP contribution in [0.3, 0.4) is 0 Å². The number of aromatic amines is 2. The first kappa shape index (κ1) is 11.9. The molecule has 1 aromatic heterocycles. The van der Waals surface area contributed by atoms with Gasteiger partial charge in [-0.3, -0.25) is 14.8 Å². The molecule has 1 aromatic rings. The summed E-state index contributed by atoms with van der Waals surface area (Å²) in [7, 11) is 1.73. The topological polar surface area (TPSA) is 81.3 Å². The molecule has 0 saturated carbocycles. The Morgan fingerprint density at radius 2 is 2.18 bits per heavy atom. The van der Waals surface area contributed by atoms with Crippen LogP contribution in [0.25, 0.3) is 0 Å². The van der Waals surface area contributed by atoms with Crippen LogP contribution in [0.4, 0.5) is 0 Å². The van der Waals surface area contributed by atoms with Crippen LogP contribution in [0.1, 0.15) is 18.5 Å². The second-order valence-electron chi connectivity index (χ2n) is 3.87. The standard InChI is InChI=1S/C10H13ClN4O2/c1-12-7-3-2-4-15(7)5-6-8(11)9(16)14-10(17)13-6/h2-5H2,1H3,(H2,13,14,16,17)/b12-7+. The minimum Gasteiger partial charge on any atom is -0.354 e. The summed E-state index contributed by atoms with van der Waals surface area (Å²) in [6, 6.07) is 0. The molecule has 17 heavy (non-hydrogen) atoms. The van der Waals surface area contributed by atoms with E-state index >= 15 is 0 Å². The van der Waals surface area contributed by atoms with E-state index in [-0.39, 0.29) is 5.02 Å². The number of halogens is 1. The minimum atomic E-state index is -0.556. The van der Waals surface area contributed by atoms with Crippen LogP contribution in [0, 0.1) is 0 Å². The first-order chi connectivity index (χ1) is 8.11. The Hall–Kier alpha value is -1.56. The van der Waals surface area contributed by atoms with Gasteiger partial charge in [-0.1, -0.05) is 11.6 Å². The highest BCUT2D eigenvalue weighted by Crippen LogP contribution is 2.16. The lowest BCUT2D eigenvalue weighted by Crippen LogP contribution is -2.30. The third-order valence-corrected chi connectivity index (χ3v) is 3.16. The first-order valence-corrected chi connectivity index (χ1v) is 5.71. The molecule has 0 bridgehead atoms. The normalized spacial score (nSPS) is 18.0. The Bertz CT molecular complexity index is 560. The van der Waals surface area contributed by atoms with E-state index in [1.54, 1.807) is 7.05 Å². The van der Waals surface area contributed by atoms with Crippen molar-refractivity contribution in [2.75, 3.05) is 13.6 Å². The molecule has 7 heteroatoms. The summed E-state index contributed by atoms with van der Waals surface area (Å²) in [6.07, 6.45) is 1.94. The van der Waals surface area contributed by atoms with E-state index in [1.165, 1.54) is 0 Å². The van der Waals surface area contributed by atoms with Gasteiger partial charge >= 0.3 is 5.69 Å². The lowest BCUT2D eigenvalue weighted by Gasteiger charge is -2.18. The highest BCUT2D eigenvalue weighted by atomic mass is 35.5. The molecular formula is C10H13ClN4O2. The maximum atomic E-state index is 11.3. The van der Waals surface area contributed by atoms with Crippen molar-refractivity contribution in [2.24, 2.45) is 4.99 Å². The number of nitrogens with zero attached hydrogens (tertiary/aromatic N) is 2. The van der Waals surface area contributed by atoms with Gasteiger partial charge < -0.3 is 9.88 Å². The lowest BCUT2D eigenvalue weighted by atomic mass is 10.3. The summed E-state index contributed by atoms with van der Waals surface area (Å²) in [5.74, 6) is 0.974. The molecule has 0 radical (unpaired) electrons. The van der Waals surface area contributed by atoms with E-state index in [0.29, 0.717) is 12.2 Å². The third-order valence-electron chi connectivity index (χ3n) is 2.76. The summed E-state index contributed by atoms with van der Waals surface area (Å²) < 4.78 is 0. The summed E-state index contributed by atoms with van der Waals surface area (Å²) >= 11 is 5.85. The van der Waals surface area contributed by atoms with Gasteiger partial charge in [0.2, 0.25) is 0 Å². The number of H-pyrrole nitrogens is 2. The monoisotopic (exact) mass is 256 g/mol. The predicted molar refractivity (Wildman–Crippen MR) is 65.7 cm³/mol. The second kappa shape index (κ2) is 4.75. The SMILES string of the molecule is C/N=C1\CCCN1Cc1[nH]c(=O)[nH]c(=O)c1Cl. The molecule has 0 aliphatic carbocycles. The maximum Gasteiger partial charge on any atom is 0.326 e. The van der Waals surface area contributed by atoms with E-state index in [9.17, 15) is 9.59 Å². The number of nitrogens with one attached hydrogen (secondary N) is 2. The van der Waals surface area contributed by atoms with Crippen LogP contribution >= 0.6 is 11.6 Å². The van der Waals surface area contributed by atoms with Crippen LogP contribution in [0.5, 0.6) is 0 Å². The molecule has 92 valence electrons. The second-order valence-corrected chi connectivity index (χ2v) is 4.24. The van der Waals surface area contributed by atoms with Crippen molar-refractivity contribution in [1.29, 1.82) is 0 Å². The highest BCUT2D eigenvalue weighted by Gasteiger charge is 2.20. The Morgan fingerprint density at radius 1 is 1.41 bits per heavy atom. The van der Waals surface area contributed by atoms with Gasteiger partial charge in [-0.05, 0) is 6.42 Å². The van der Waals surface area contributed by atoms with Gasteiger partial charge in [0.15, 0.2) is 0 Å². The zero-order valence-corrected chi connectivity index (χ0v) is 10.2. The third kappa shape index (κ3) is 2.41. The number of amidine groups is 1. The molecule has 2 rings (SSSR count). The number of likely N-dealkylation sites (tertiary alicyclic amines) is 1. The minimum absolute atomic E-state index is 0.0342. The van der Waals surface area contributed by atoms with Gasteiger partial charge in [-0.25, -0.2) is 4.79 Å². The van der Waals surface area contributed by atoms with Crippen LogP contribution in [-0.4, -0.2) is 34.3 Å². The molecule has 0 amide bonds. The van der Waals surface area contributed by atoms with Gasteiger partial charge in [-0.2, -0.15) is 0 Å². The van der Waals surface area contributed by atoms with E-state index in [0.717, 1.165) is 25.2 Å². The summed E-state index contributed by atoms with van der Waals surface area (Å²) in [5, 5.41) is 0.0342. The molecule has 0 aromatic carbocycles. The molecular weight excluding hydrogens is 244 g/mol. The van der Waals surface area contributed by atoms with E-state index in [1.807, 2.05) is 4.90 Å². The Morgan fingerprint density at radius 3 is 2.88 bits per heavy atom. The van der Waals surface area contributed by atoms with Gasteiger partial charge in [0.1, 0.15) is 5.02 Å². The molecule has 0 atom stereocenters. The van der Waals surface area contributed by atoms with Gasteiger partial charge in [-0.15, -0.1) is 0 Å². The lowest BCUT2D eigenvalue weighted by molar-refractivity contribution is 0.440. The van der Waals surface area contributed by atoms with Crippen LogP contribution in [-0.2, 0) is 6.54 Å². The average Bonchev–Trinajstić information content (AvgIpc) is 2.72. The average molecular weight is 257 g/mol. The molecule has 1 aliphatic heterocycles. The zero-order valence-electron chi connectivity index (χ0n) is 9.42. The maximum absolute atomic E-state index is 11.3. The molecule has 1 saturated heterocycles. The van der Waals surface area contributed by atoms with Crippen molar-refractivity contribution >= 4 is 17.4 Å². The van der Waals surface area contributed by atoms with Crippen molar-refractivity contribution in [3.05, 3.63) is 31.6 Å². The predicted octanol–water partition coefficient (Wildman–Crippen LogP) is 0.341. The van der Waals surface area contributed by atoms with Crippen LogP contribution in [0.2, 0.25) is 5.02 Å². The van der Waals surface area contributed by atoms with Crippen molar-refractivity contribution < 1.29 is 0 Å². The highest BCUT2D eigenvalue weighted by molar-refractivity contribution is 6.31. The number of aromatic nitrogens is 2. The van der Waals surface area contributed by atoms with Gasteiger partial charge in [0.25, 0.3) is 5.56 Å². The van der Waals surface area contributed by atoms with Crippen LogP contribution in [0.15, 0.2) is 14.6 Å². The zero-order chi connectivity index (χ0) is 12.4. The molecule has 6 nitrogen and oxygen atoms in total. The molecule has 1 aliphatic rings. The smallest absolute Gasteiger partial charge is 0.326 e. The fourth-order valence-electron chi connectivity index (χ4n) is 1.96. The molecule has 1 fully saturated rings. The number of aliphatic imine (C=N–C) groups is 1. The van der Waals surface area contributed by atoms with Crippen LogP contribution < -0.4 is 11.2 Å². The Labute approximate surface area is 102 Å². The molecule has 0 spiro atoms. The first-order valence-electron chi connectivity index (χ1n) is 5.33. The van der Waals surface area contributed by atoms with Gasteiger partial charge in [0, 0.05) is 20.0 Å². The summed E-state index contributed by atoms with van der Waals surface area (Å²) in [5.41, 5.74) is -0.661.